The highest BCUT2D eigenvalue weighted by molar-refractivity contribution is 6.30. The molecule has 0 heterocycles. The van der Waals surface area contributed by atoms with Gasteiger partial charge in [-0.25, -0.2) is 5.43 Å². The van der Waals surface area contributed by atoms with E-state index in [2.05, 4.69) is 46.2 Å². The molecule has 0 spiro atoms. The molecule has 0 fully saturated rings. The van der Waals surface area contributed by atoms with E-state index < -0.39 is 6.04 Å². The Kier molecular flexibility index (Phi) is 5.45. The van der Waals surface area contributed by atoms with Crippen molar-refractivity contribution in [2.24, 2.45) is 5.10 Å². The summed E-state index contributed by atoms with van der Waals surface area (Å²) >= 11 is 5.99. The van der Waals surface area contributed by atoms with Crippen molar-refractivity contribution in [3.05, 3.63) is 89.4 Å². The molecule has 2 N–H and O–H groups in total. The van der Waals surface area contributed by atoms with Gasteiger partial charge in [-0.1, -0.05) is 66.2 Å². The molecule has 0 saturated heterocycles. The third kappa shape index (κ3) is 4.23. The van der Waals surface area contributed by atoms with Crippen LogP contribution < -0.4 is 10.7 Å². The molecule has 144 valence electrons. The number of benzene rings is 4. The van der Waals surface area contributed by atoms with E-state index >= 15 is 0 Å². The zero-order chi connectivity index (χ0) is 20.2. The average Bonchev–Trinajstić information content (AvgIpc) is 2.73. The molecular weight excluding hydrogens is 382 g/mol. The van der Waals surface area contributed by atoms with Crippen molar-refractivity contribution in [2.75, 3.05) is 5.32 Å². The Labute approximate surface area is 174 Å². The SMILES string of the molecule is CC(Nc1cccc(Cl)c1)C(=O)NN=Cc1c2ccccc2cc2ccccc12. The first-order chi connectivity index (χ1) is 14.1. The lowest BCUT2D eigenvalue weighted by molar-refractivity contribution is -0.121. The lowest BCUT2D eigenvalue weighted by atomic mass is 9.97. The van der Waals surface area contributed by atoms with Gasteiger partial charge in [-0.15, -0.1) is 0 Å². The van der Waals surface area contributed by atoms with Crippen LogP contribution in [0.5, 0.6) is 0 Å². The summed E-state index contributed by atoms with van der Waals surface area (Å²) in [5.41, 5.74) is 4.39. The zero-order valence-corrected chi connectivity index (χ0v) is 16.6. The van der Waals surface area contributed by atoms with Gasteiger partial charge >= 0.3 is 0 Å². The predicted molar refractivity (Wildman–Crippen MR) is 122 cm³/mol. The molecule has 1 atom stereocenters. The maximum Gasteiger partial charge on any atom is 0.262 e. The molecule has 4 rings (SSSR count). The number of anilines is 1. The Hall–Kier alpha value is -3.37. The van der Waals surface area contributed by atoms with Crippen LogP contribution in [0.25, 0.3) is 21.5 Å². The first kappa shape index (κ1) is 19.0. The van der Waals surface area contributed by atoms with Crippen molar-refractivity contribution in [3.8, 4) is 0 Å². The predicted octanol–water partition coefficient (Wildman–Crippen LogP) is 5.60. The van der Waals surface area contributed by atoms with Crippen molar-refractivity contribution in [3.63, 3.8) is 0 Å². The molecule has 1 amide bonds. The van der Waals surface area contributed by atoms with Crippen LogP contribution in [0.3, 0.4) is 0 Å². The van der Waals surface area contributed by atoms with Gasteiger partial charge < -0.3 is 5.32 Å². The van der Waals surface area contributed by atoms with E-state index in [4.69, 9.17) is 11.6 Å². The molecule has 0 radical (unpaired) electrons. The normalized spacial score (nSPS) is 12.3. The molecule has 0 aliphatic heterocycles. The van der Waals surface area contributed by atoms with Gasteiger partial charge in [0.05, 0.1) is 6.21 Å². The van der Waals surface area contributed by atoms with Gasteiger partial charge in [-0.2, -0.15) is 5.10 Å². The Bertz CT molecular complexity index is 1170. The van der Waals surface area contributed by atoms with E-state index in [9.17, 15) is 4.79 Å². The van der Waals surface area contributed by atoms with E-state index in [1.54, 1.807) is 25.3 Å². The lowest BCUT2D eigenvalue weighted by Gasteiger charge is -2.13. The van der Waals surface area contributed by atoms with Crippen LogP contribution in [-0.2, 0) is 4.79 Å². The molecule has 4 aromatic carbocycles. The van der Waals surface area contributed by atoms with Gasteiger partial charge in [-0.3, -0.25) is 4.79 Å². The van der Waals surface area contributed by atoms with Crippen LogP contribution in [0.4, 0.5) is 5.69 Å². The van der Waals surface area contributed by atoms with Crippen molar-refractivity contribution >= 4 is 51.0 Å². The number of hydrogen-bond donors (Lipinski definition) is 2. The summed E-state index contributed by atoms with van der Waals surface area (Å²) in [6.45, 7) is 1.78. The van der Waals surface area contributed by atoms with Gasteiger partial charge in [0.2, 0.25) is 0 Å². The van der Waals surface area contributed by atoms with Crippen molar-refractivity contribution in [2.45, 2.75) is 13.0 Å². The molecule has 0 aromatic heterocycles. The Morgan fingerprint density at radius 1 is 0.931 bits per heavy atom. The highest BCUT2D eigenvalue weighted by atomic mass is 35.5. The quantitative estimate of drug-likeness (QED) is 0.260. The fraction of sp³-hybridized carbons (Fsp3) is 0.0833. The summed E-state index contributed by atoms with van der Waals surface area (Å²) in [4.78, 5) is 12.4. The Morgan fingerprint density at radius 3 is 2.24 bits per heavy atom. The first-order valence-corrected chi connectivity index (χ1v) is 9.75. The summed E-state index contributed by atoms with van der Waals surface area (Å²) in [5, 5.41) is 12.4. The van der Waals surface area contributed by atoms with E-state index in [-0.39, 0.29) is 5.91 Å². The highest BCUT2D eigenvalue weighted by Crippen LogP contribution is 2.27. The minimum Gasteiger partial charge on any atom is -0.374 e. The number of carbonyl (C=O) groups excluding carboxylic acids is 1. The zero-order valence-electron chi connectivity index (χ0n) is 15.9. The number of halogens is 1. The Balaban J connectivity index is 1.55. The number of nitrogens with one attached hydrogen (secondary N) is 2. The summed E-state index contributed by atoms with van der Waals surface area (Å²) < 4.78 is 0. The molecule has 0 aliphatic carbocycles. The number of rotatable bonds is 5. The summed E-state index contributed by atoms with van der Waals surface area (Å²) in [6.07, 6.45) is 1.72. The minimum atomic E-state index is -0.463. The molecule has 4 nitrogen and oxygen atoms in total. The van der Waals surface area contributed by atoms with Gasteiger partial charge in [0.25, 0.3) is 5.91 Å². The van der Waals surface area contributed by atoms with Crippen LogP contribution in [0.15, 0.2) is 84.0 Å². The fourth-order valence-corrected chi connectivity index (χ4v) is 3.53. The molecule has 1 unspecified atom stereocenters. The lowest BCUT2D eigenvalue weighted by Crippen LogP contribution is -2.34. The third-order valence-corrected chi connectivity index (χ3v) is 5.02. The summed E-state index contributed by atoms with van der Waals surface area (Å²) in [6, 6.07) is 25.3. The maximum atomic E-state index is 12.4. The third-order valence-electron chi connectivity index (χ3n) is 4.78. The first-order valence-electron chi connectivity index (χ1n) is 9.37. The average molecular weight is 402 g/mol. The second-order valence-electron chi connectivity index (χ2n) is 6.84. The number of amides is 1. The standard InChI is InChI=1S/C24H20ClN3O/c1-16(27-20-10-6-9-19(25)14-20)24(29)28-26-15-23-21-11-4-2-7-17(21)13-18-8-3-5-12-22(18)23/h2-16,27H,1H3,(H,28,29). The highest BCUT2D eigenvalue weighted by Gasteiger charge is 2.12. The van der Waals surface area contributed by atoms with E-state index in [1.165, 1.54) is 0 Å². The summed E-state index contributed by atoms with van der Waals surface area (Å²) in [7, 11) is 0. The van der Waals surface area contributed by atoms with Gasteiger partial charge in [-0.05, 0) is 52.7 Å². The second kappa shape index (κ2) is 8.33. The molecule has 5 heteroatoms. The smallest absolute Gasteiger partial charge is 0.262 e. The van der Waals surface area contributed by atoms with E-state index in [0.717, 1.165) is 32.8 Å². The largest absolute Gasteiger partial charge is 0.374 e. The van der Waals surface area contributed by atoms with Crippen LogP contribution >= 0.6 is 11.6 Å². The monoisotopic (exact) mass is 401 g/mol. The van der Waals surface area contributed by atoms with E-state index in [0.29, 0.717) is 5.02 Å². The van der Waals surface area contributed by atoms with E-state index in [1.807, 2.05) is 36.4 Å². The van der Waals surface area contributed by atoms with Crippen LogP contribution in [0, 0.1) is 0 Å². The fourth-order valence-electron chi connectivity index (χ4n) is 3.34. The van der Waals surface area contributed by atoms with Crippen molar-refractivity contribution in [1.82, 2.24) is 5.43 Å². The van der Waals surface area contributed by atoms with Gasteiger partial charge in [0.15, 0.2) is 0 Å². The molecule has 29 heavy (non-hydrogen) atoms. The van der Waals surface area contributed by atoms with Crippen LogP contribution in [-0.4, -0.2) is 18.2 Å². The molecule has 0 saturated carbocycles. The molecule has 4 aromatic rings. The summed E-state index contributed by atoms with van der Waals surface area (Å²) in [5.74, 6) is -0.231. The maximum absolute atomic E-state index is 12.4. The number of hydrogen-bond acceptors (Lipinski definition) is 3. The number of nitrogens with zero attached hydrogens (tertiary/aromatic N) is 1. The molecular formula is C24H20ClN3O. The molecule has 0 bridgehead atoms. The second-order valence-corrected chi connectivity index (χ2v) is 7.28. The molecule has 0 aliphatic rings. The van der Waals surface area contributed by atoms with Gasteiger partial charge in [0.1, 0.15) is 6.04 Å². The number of hydrazone groups is 1. The van der Waals surface area contributed by atoms with Crippen LogP contribution in [0.1, 0.15) is 12.5 Å². The van der Waals surface area contributed by atoms with Crippen molar-refractivity contribution in [1.29, 1.82) is 0 Å². The minimum absolute atomic E-state index is 0.231. The number of fused-ring (bicyclic) bond motifs is 2. The van der Waals surface area contributed by atoms with Crippen LogP contribution in [0.2, 0.25) is 5.02 Å². The van der Waals surface area contributed by atoms with Crippen molar-refractivity contribution < 1.29 is 4.79 Å². The Morgan fingerprint density at radius 2 is 1.59 bits per heavy atom. The number of carbonyl (C=O) groups is 1. The van der Waals surface area contributed by atoms with Gasteiger partial charge in [0, 0.05) is 16.3 Å². The topological polar surface area (TPSA) is 53.5 Å².